The summed E-state index contributed by atoms with van der Waals surface area (Å²) in [6.45, 7) is 4.52. The third-order valence-corrected chi connectivity index (χ3v) is 6.17. The summed E-state index contributed by atoms with van der Waals surface area (Å²) in [6.07, 6.45) is 9.72. The highest BCUT2D eigenvalue weighted by atomic mass is 16.7. The molecule has 0 N–H and O–H groups in total. The first-order valence-corrected chi connectivity index (χ1v) is 8.02. The fourth-order valence-corrected chi connectivity index (χ4v) is 5.00. The minimum atomic E-state index is -1.12. The van der Waals surface area contributed by atoms with E-state index in [0.717, 1.165) is 6.42 Å². The van der Waals surface area contributed by atoms with Gasteiger partial charge in [-0.05, 0) is 44.6 Å². The summed E-state index contributed by atoms with van der Waals surface area (Å²) in [7, 11) is 3.19. The molecule has 0 heterocycles. The Morgan fingerprint density at radius 1 is 1.24 bits per heavy atom. The summed E-state index contributed by atoms with van der Waals surface area (Å²) in [5.41, 5.74) is 3.03. The number of allylic oxidation sites excluding steroid dienone is 3. The Labute approximate surface area is 127 Å². The molecule has 0 amide bonds. The summed E-state index contributed by atoms with van der Waals surface area (Å²) in [6, 6.07) is 0. The first kappa shape index (κ1) is 15.0. The highest BCUT2D eigenvalue weighted by molar-refractivity contribution is 5.97. The fourth-order valence-electron chi connectivity index (χ4n) is 5.00. The lowest BCUT2D eigenvalue weighted by Gasteiger charge is -2.55. The first-order valence-electron chi connectivity index (χ1n) is 8.02. The third-order valence-electron chi connectivity index (χ3n) is 6.17. The standard InChI is InChI=1S/C18H26O3/c1-12-11-15-17(2,14-8-6-5-7-13(12)14)10-9-16(19)18(15,20-3)21-4/h9-10,14-15H,5-8,11H2,1-4H3/t14-,15+,17-/m1/s1. The predicted octanol–water partition coefficient (Wildman–Crippen LogP) is 3.65. The molecule has 3 nitrogen and oxygen atoms in total. The predicted molar refractivity (Wildman–Crippen MR) is 81.8 cm³/mol. The molecule has 0 unspecified atom stereocenters. The van der Waals surface area contributed by atoms with Gasteiger partial charge in [0.25, 0.3) is 0 Å². The third kappa shape index (κ3) is 1.90. The zero-order valence-electron chi connectivity index (χ0n) is 13.6. The molecule has 3 atom stereocenters. The van der Waals surface area contributed by atoms with Crippen molar-refractivity contribution < 1.29 is 14.3 Å². The highest BCUT2D eigenvalue weighted by Gasteiger charge is 2.60. The Hall–Kier alpha value is -0.930. The number of hydrogen-bond acceptors (Lipinski definition) is 3. The molecule has 1 fully saturated rings. The summed E-state index contributed by atoms with van der Waals surface area (Å²) < 4.78 is 11.3. The molecular formula is C18H26O3. The van der Waals surface area contributed by atoms with Crippen LogP contribution in [0.2, 0.25) is 0 Å². The van der Waals surface area contributed by atoms with E-state index in [1.165, 1.54) is 31.3 Å². The zero-order valence-corrected chi connectivity index (χ0v) is 13.6. The second kappa shape index (κ2) is 5.06. The minimum Gasteiger partial charge on any atom is -0.346 e. The molecule has 0 aromatic carbocycles. The number of ether oxygens (including phenoxy) is 2. The normalized spacial score (nSPS) is 38.2. The van der Waals surface area contributed by atoms with Crippen molar-refractivity contribution in [3.05, 3.63) is 23.3 Å². The van der Waals surface area contributed by atoms with Crippen LogP contribution < -0.4 is 0 Å². The van der Waals surface area contributed by atoms with E-state index in [1.54, 1.807) is 25.9 Å². The van der Waals surface area contributed by atoms with Gasteiger partial charge in [0, 0.05) is 25.6 Å². The van der Waals surface area contributed by atoms with E-state index >= 15 is 0 Å². The van der Waals surface area contributed by atoms with E-state index < -0.39 is 5.79 Å². The number of carbonyl (C=O) groups is 1. The van der Waals surface area contributed by atoms with Crippen molar-refractivity contribution in [2.45, 2.75) is 51.7 Å². The Bertz CT molecular complexity index is 513. The molecule has 0 aromatic heterocycles. The van der Waals surface area contributed by atoms with Gasteiger partial charge >= 0.3 is 0 Å². The van der Waals surface area contributed by atoms with E-state index in [4.69, 9.17) is 9.47 Å². The highest BCUT2D eigenvalue weighted by Crippen LogP contribution is 2.59. The van der Waals surface area contributed by atoms with Crippen LogP contribution in [0.4, 0.5) is 0 Å². The number of ketones is 1. The maximum Gasteiger partial charge on any atom is 0.236 e. The van der Waals surface area contributed by atoms with Crippen molar-refractivity contribution in [2.24, 2.45) is 17.3 Å². The van der Waals surface area contributed by atoms with Gasteiger partial charge in [0.2, 0.25) is 11.6 Å². The topological polar surface area (TPSA) is 35.5 Å². The average Bonchev–Trinajstić information content (AvgIpc) is 2.51. The molecule has 0 spiro atoms. The van der Waals surface area contributed by atoms with Crippen molar-refractivity contribution in [1.29, 1.82) is 0 Å². The monoisotopic (exact) mass is 290 g/mol. The first-order chi connectivity index (χ1) is 9.99. The van der Waals surface area contributed by atoms with Crippen LogP contribution >= 0.6 is 0 Å². The van der Waals surface area contributed by atoms with E-state index in [2.05, 4.69) is 19.9 Å². The summed E-state index contributed by atoms with van der Waals surface area (Å²) in [4.78, 5) is 12.5. The molecule has 116 valence electrons. The smallest absolute Gasteiger partial charge is 0.236 e. The molecule has 3 rings (SSSR count). The zero-order chi connectivity index (χ0) is 15.3. The molecular weight excluding hydrogens is 264 g/mol. The summed E-state index contributed by atoms with van der Waals surface area (Å²) >= 11 is 0. The van der Waals surface area contributed by atoms with Crippen molar-refractivity contribution >= 4 is 5.78 Å². The van der Waals surface area contributed by atoms with Gasteiger partial charge in [-0.3, -0.25) is 4.79 Å². The van der Waals surface area contributed by atoms with E-state index in [9.17, 15) is 4.79 Å². The average molecular weight is 290 g/mol. The second-order valence-electron chi connectivity index (χ2n) is 7.00. The lowest BCUT2D eigenvalue weighted by atomic mass is 9.52. The fraction of sp³-hybridized carbons (Fsp3) is 0.722. The van der Waals surface area contributed by atoms with Gasteiger partial charge in [-0.25, -0.2) is 0 Å². The van der Waals surface area contributed by atoms with Gasteiger partial charge in [-0.2, -0.15) is 0 Å². The van der Waals surface area contributed by atoms with E-state index in [0.29, 0.717) is 5.92 Å². The number of fused-ring (bicyclic) bond motifs is 3. The number of carbonyl (C=O) groups excluding carboxylic acids is 1. The summed E-state index contributed by atoms with van der Waals surface area (Å²) in [5.74, 6) is -0.585. The number of rotatable bonds is 2. The molecule has 3 aliphatic rings. The van der Waals surface area contributed by atoms with Crippen molar-refractivity contribution in [1.82, 2.24) is 0 Å². The van der Waals surface area contributed by atoms with Crippen LogP contribution in [0, 0.1) is 17.3 Å². The molecule has 3 aliphatic carbocycles. The quantitative estimate of drug-likeness (QED) is 0.575. The molecule has 0 saturated heterocycles. The molecule has 0 aromatic rings. The van der Waals surface area contributed by atoms with Gasteiger partial charge in [-0.15, -0.1) is 0 Å². The lowest BCUT2D eigenvalue weighted by molar-refractivity contribution is -0.247. The van der Waals surface area contributed by atoms with Crippen LogP contribution in [0.15, 0.2) is 23.3 Å². The molecule has 1 saturated carbocycles. The van der Waals surface area contributed by atoms with Gasteiger partial charge in [0.15, 0.2) is 0 Å². The Morgan fingerprint density at radius 2 is 1.95 bits per heavy atom. The number of hydrogen-bond donors (Lipinski definition) is 0. The van der Waals surface area contributed by atoms with Crippen LogP contribution in [0.5, 0.6) is 0 Å². The van der Waals surface area contributed by atoms with Gasteiger partial charge in [-0.1, -0.05) is 30.6 Å². The second-order valence-corrected chi connectivity index (χ2v) is 7.00. The maximum absolute atomic E-state index is 12.5. The van der Waals surface area contributed by atoms with Crippen molar-refractivity contribution in [3.8, 4) is 0 Å². The van der Waals surface area contributed by atoms with Crippen molar-refractivity contribution in [3.63, 3.8) is 0 Å². The molecule has 3 heteroatoms. The van der Waals surface area contributed by atoms with Crippen LogP contribution in [0.3, 0.4) is 0 Å². The number of methoxy groups -OCH3 is 2. The Morgan fingerprint density at radius 3 is 2.62 bits per heavy atom. The van der Waals surface area contributed by atoms with Crippen molar-refractivity contribution in [2.75, 3.05) is 14.2 Å². The molecule has 0 bridgehead atoms. The Balaban J connectivity index is 2.14. The van der Waals surface area contributed by atoms with Crippen LogP contribution in [0.25, 0.3) is 0 Å². The Kier molecular flexibility index (Phi) is 3.61. The van der Waals surface area contributed by atoms with Crippen LogP contribution in [-0.2, 0) is 14.3 Å². The lowest BCUT2D eigenvalue weighted by Crippen LogP contribution is -2.59. The van der Waals surface area contributed by atoms with Gasteiger partial charge in [0.1, 0.15) is 0 Å². The minimum absolute atomic E-state index is 0.0464. The van der Waals surface area contributed by atoms with Gasteiger partial charge in [0.05, 0.1) is 0 Å². The SMILES string of the molecule is COC1(OC)C(=O)C=C[C@]2(C)[C@@H]3CCCCC3=C(C)C[C@H]12. The maximum atomic E-state index is 12.5. The molecule has 0 aliphatic heterocycles. The molecule has 21 heavy (non-hydrogen) atoms. The van der Waals surface area contributed by atoms with Gasteiger partial charge < -0.3 is 9.47 Å². The van der Waals surface area contributed by atoms with E-state index in [1.807, 2.05) is 0 Å². The van der Waals surface area contributed by atoms with Crippen LogP contribution in [0.1, 0.15) is 46.0 Å². The molecule has 0 radical (unpaired) electrons. The van der Waals surface area contributed by atoms with E-state index in [-0.39, 0.29) is 17.1 Å². The van der Waals surface area contributed by atoms with Crippen LogP contribution in [-0.4, -0.2) is 25.8 Å². The summed E-state index contributed by atoms with van der Waals surface area (Å²) in [5, 5.41) is 0. The largest absolute Gasteiger partial charge is 0.346 e.